The van der Waals surface area contributed by atoms with Gasteiger partial charge in [0.25, 0.3) is 0 Å². The summed E-state index contributed by atoms with van der Waals surface area (Å²) in [5.74, 6) is 0. The Balaban J connectivity index is 3.05. The summed E-state index contributed by atoms with van der Waals surface area (Å²) >= 11 is 12.5. The lowest BCUT2D eigenvalue weighted by Gasteiger charge is -2.03. The van der Waals surface area contributed by atoms with Gasteiger partial charge in [-0.2, -0.15) is 0 Å². The Kier molecular flexibility index (Phi) is 3.81. The molecule has 0 aliphatic carbocycles. The topological polar surface area (TPSA) is 0 Å². The van der Waals surface area contributed by atoms with Gasteiger partial charge >= 0.3 is 0 Å². The van der Waals surface area contributed by atoms with E-state index in [1.54, 1.807) is 0 Å². The molecular formula is C9H7Br2Cl. The predicted molar refractivity (Wildman–Crippen MR) is 62.0 cm³/mol. The van der Waals surface area contributed by atoms with Gasteiger partial charge in [0.05, 0.1) is 5.02 Å². The molecule has 1 aromatic carbocycles. The predicted octanol–water partition coefficient (Wildman–Crippen LogP) is 4.51. The molecule has 0 nitrogen and oxygen atoms in total. The van der Waals surface area contributed by atoms with Crippen LogP contribution in [0, 0.1) is 0 Å². The van der Waals surface area contributed by atoms with E-state index in [1.807, 2.05) is 18.2 Å². The standard InChI is InChI=1S/C9H7Br2Cl/c1-6(5-10)7-2-3-9(12)8(11)4-7/h2-4H,1,5H2. The lowest BCUT2D eigenvalue weighted by Crippen LogP contribution is -1.83. The van der Waals surface area contributed by atoms with Gasteiger partial charge in [-0.15, -0.1) is 0 Å². The first-order chi connectivity index (χ1) is 5.65. The van der Waals surface area contributed by atoms with Crippen molar-refractivity contribution in [2.75, 3.05) is 5.33 Å². The van der Waals surface area contributed by atoms with Gasteiger partial charge in [-0.1, -0.05) is 40.2 Å². The fraction of sp³-hybridized carbons (Fsp3) is 0.111. The second-order valence-corrected chi connectivity index (χ2v) is 4.19. The second-order valence-electron chi connectivity index (χ2n) is 2.37. The Labute approximate surface area is 93.9 Å². The van der Waals surface area contributed by atoms with Crippen LogP contribution in [-0.4, -0.2) is 5.33 Å². The van der Waals surface area contributed by atoms with Gasteiger partial charge < -0.3 is 0 Å². The molecule has 3 heteroatoms. The van der Waals surface area contributed by atoms with Gasteiger partial charge in [0.2, 0.25) is 0 Å². The van der Waals surface area contributed by atoms with Crippen molar-refractivity contribution >= 4 is 49.0 Å². The third-order valence-corrected chi connectivity index (χ3v) is 3.38. The summed E-state index contributed by atoms with van der Waals surface area (Å²) in [7, 11) is 0. The maximum atomic E-state index is 5.84. The van der Waals surface area contributed by atoms with Crippen LogP contribution in [0.1, 0.15) is 5.56 Å². The van der Waals surface area contributed by atoms with E-state index in [1.165, 1.54) is 0 Å². The molecule has 0 atom stereocenters. The maximum Gasteiger partial charge on any atom is 0.0548 e. The second kappa shape index (κ2) is 4.45. The van der Waals surface area contributed by atoms with E-state index in [0.717, 1.165) is 26.0 Å². The lowest BCUT2D eigenvalue weighted by atomic mass is 10.1. The van der Waals surface area contributed by atoms with Gasteiger partial charge in [0.1, 0.15) is 0 Å². The van der Waals surface area contributed by atoms with Crippen molar-refractivity contribution in [3.8, 4) is 0 Å². The summed E-state index contributed by atoms with van der Waals surface area (Å²) in [4.78, 5) is 0. The Bertz CT molecular complexity index is 307. The highest BCUT2D eigenvalue weighted by molar-refractivity contribution is 9.10. The van der Waals surface area contributed by atoms with Gasteiger partial charge in [0.15, 0.2) is 0 Å². The van der Waals surface area contributed by atoms with Crippen LogP contribution in [0.2, 0.25) is 5.02 Å². The molecule has 0 fully saturated rings. The summed E-state index contributed by atoms with van der Waals surface area (Å²) in [6.45, 7) is 3.90. The van der Waals surface area contributed by atoms with E-state index in [4.69, 9.17) is 11.6 Å². The normalized spacial score (nSPS) is 9.92. The first kappa shape index (κ1) is 10.3. The molecule has 64 valence electrons. The van der Waals surface area contributed by atoms with E-state index in [9.17, 15) is 0 Å². The van der Waals surface area contributed by atoms with Crippen molar-refractivity contribution in [1.29, 1.82) is 0 Å². The largest absolute Gasteiger partial charge is 0.0944 e. The number of hydrogen-bond acceptors (Lipinski definition) is 0. The molecule has 0 unspecified atom stereocenters. The molecule has 0 bridgehead atoms. The molecule has 0 aromatic heterocycles. The van der Waals surface area contributed by atoms with Crippen molar-refractivity contribution in [3.63, 3.8) is 0 Å². The molecule has 12 heavy (non-hydrogen) atoms. The first-order valence-corrected chi connectivity index (χ1v) is 5.63. The van der Waals surface area contributed by atoms with E-state index < -0.39 is 0 Å². The van der Waals surface area contributed by atoms with E-state index in [2.05, 4.69) is 38.4 Å². The molecule has 1 aromatic rings. The van der Waals surface area contributed by atoms with Gasteiger partial charge in [-0.3, -0.25) is 0 Å². The molecular weight excluding hydrogens is 303 g/mol. The molecule has 0 spiro atoms. The highest BCUT2D eigenvalue weighted by Crippen LogP contribution is 2.26. The number of allylic oxidation sites excluding steroid dienone is 1. The number of alkyl halides is 1. The van der Waals surface area contributed by atoms with Crippen molar-refractivity contribution in [2.24, 2.45) is 0 Å². The number of halogens is 3. The van der Waals surface area contributed by atoms with E-state index in [-0.39, 0.29) is 0 Å². The third kappa shape index (κ3) is 2.35. The van der Waals surface area contributed by atoms with Crippen LogP contribution in [0.5, 0.6) is 0 Å². The molecule has 0 saturated heterocycles. The van der Waals surface area contributed by atoms with Crippen LogP contribution in [0.25, 0.3) is 5.57 Å². The van der Waals surface area contributed by atoms with Crippen LogP contribution in [-0.2, 0) is 0 Å². The number of benzene rings is 1. The summed E-state index contributed by atoms with van der Waals surface area (Å²) in [6.07, 6.45) is 0. The zero-order valence-electron chi connectivity index (χ0n) is 6.28. The van der Waals surface area contributed by atoms with Crippen molar-refractivity contribution in [1.82, 2.24) is 0 Å². The summed E-state index contributed by atoms with van der Waals surface area (Å²) < 4.78 is 0.906. The summed E-state index contributed by atoms with van der Waals surface area (Å²) in [6, 6.07) is 5.78. The average Bonchev–Trinajstić information content (AvgIpc) is 2.08. The Morgan fingerprint density at radius 3 is 2.67 bits per heavy atom. The lowest BCUT2D eigenvalue weighted by molar-refractivity contribution is 1.56. The van der Waals surface area contributed by atoms with Crippen LogP contribution in [0.4, 0.5) is 0 Å². The average molecular weight is 310 g/mol. The minimum atomic E-state index is 0.723. The first-order valence-electron chi connectivity index (χ1n) is 3.34. The van der Waals surface area contributed by atoms with E-state index in [0.29, 0.717) is 0 Å². The molecule has 0 aliphatic heterocycles. The zero-order chi connectivity index (χ0) is 9.14. The molecule has 0 aliphatic rings. The third-order valence-electron chi connectivity index (χ3n) is 1.49. The Hall–Kier alpha value is 0.210. The maximum absolute atomic E-state index is 5.84. The van der Waals surface area contributed by atoms with Gasteiger partial charge in [0, 0.05) is 9.80 Å². The fourth-order valence-corrected chi connectivity index (χ4v) is 1.61. The Morgan fingerprint density at radius 1 is 1.50 bits per heavy atom. The molecule has 1 rings (SSSR count). The monoisotopic (exact) mass is 308 g/mol. The minimum absolute atomic E-state index is 0.723. The smallest absolute Gasteiger partial charge is 0.0548 e. The van der Waals surface area contributed by atoms with Crippen LogP contribution >= 0.6 is 43.5 Å². The van der Waals surface area contributed by atoms with Crippen molar-refractivity contribution in [2.45, 2.75) is 0 Å². The van der Waals surface area contributed by atoms with Gasteiger partial charge in [-0.05, 0) is 39.2 Å². The van der Waals surface area contributed by atoms with Crippen LogP contribution in [0.3, 0.4) is 0 Å². The fourth-order valence-electron chi connectivity index (χ4n) is 0.793. The van der Waals surface area contributed by atoms with E-state index >= 15 is 0 Å². The zero-order valence-corrected chi connectivity index (χ0v) is 10.2. The van der Waals surface area contributed by atoms with Crippen LogP contribution in [0.15, 0.2) is 29.3 Å². The van der Waals surface area contributed by atoms with Crippen molar-refractivity contribution < 1.29 is 0 Å². The number of rotatable bonds is 2. The highest BCUT2D eigenvalue weighted by atomic mass is 79.9. The van der Waals surface area contributed by atoms with Crippen LogP contribution < -0.4 is 0 Å². The van der Waals surface area contributed by atoms with Gasteiger partial charge in [-0.25, -0.2) is 0 Å². The highest BCUT2D eigenvalue weighted by Gasteiger charge is 2.00. The molecule has 0 heterocycles. The number of hydrogen-bond donors (Lipinski definition) is 0. The quantitative estimate of drug-likeness (QED) is 0.705. The molecule has 0 amide bonds. The van der Waals surface area contributed by atoms with Crippen molar-refractivity contribution in [3.05, 3.63) is 39.8 Å². The molecule has 0 radical (unpaired) electrons. The molecule has 0 saturated carbocycles. The summed E-state index contributed by atoms with van der Waals surface area (Å²) in [5, 5.41) is 1.50. The molecule has 0 N–H and O–H groups in total. The SMILES string of the molecule is C=C(CBr)c1ccc(Cl)c(Br)c1. The summed E-state index contributed by atoms with van der Waals surface area (Å²) in [5.41, 5.74) is 2.15. The minimum Gasteiger partial charge on any atom is -0.0944 e. The Morgan fingerprint density at radius 2 is 2.17 bits per heavy atom.